The van der Waals surface area contributed by atoms with Crippen molar-refractivity contribution in [2.24, 2.45) is 0 Å². The maximum Gasteiger partial charge on any atom is 0.220 e. The van der Waals surface area contributed by atoms with E-state index in [4.69, 9.17) is 0 Å². The molecule has 1 aliphatic heterocycles. The van der Waals surface area contributed by atoms with Crippen LogP contribution in [0.4, 0.5) is 4.39 Å². The van der Waals surface area contributed by atoms with Crippen LogP contribution < -0.4 is 5.32 Å². The average molecular weight is 437 g/mol. The number of nitrogens with zero attached hydrogens (tertiary/aromatic N) is 1. The molecule has 2 aromatic rings. The zero-order chi connectivity index (χ0) is 22.4. The third-order valence-corrected chi connectivity index (χ3v) is 7.20. The third-order valence-electron chi connectivity index (χ3n) is 7.20. The molecule has 1 N–H and O–H groups in total. The van der Waals surface area contributed by atoms with Crippen molar-refractivity contribution >= 4 is 11.7 Å². The van der Waals surface area contributed by atoms with Crippen molar-refractivity contribution in [1.82, 2.24) is 10.2 Å². The molecular weight excluding hydrogens is 403 g/mol. The molecule has 2 aromatic carbocycles. The average Bonchev–Trinajstić information content (AvgIpc) is 2.85. The molecule has 1 saturated heterocycles. The van der Waals surface area contributed by atoms with Crippen molar-refractivity contribution in [3.8, 4) is 0 Å². The second-order valence-electron chi connectivity index (χ2n) is 9.22. The lowest BCUT2D eigenvalue weighted by Crippen LogP contribution is -2.53. The first-order valence-corrected chi connectivity index (χ1v) is 12.0. The van der Waals surface area contributed by atoms with E-state index in [1.165, 1.54) is 49.1 Å². The van der Waals surface area contributed by atoms with E-state index in [0.717, 1.165) is 38.8 Å². The molecule has 0 aromatic heterocycles. The zero-order valence-corrected chi connectivity index (χ0v) is 18.7. The summed E-state index contributed by atoms with van der Waals surface area (Å²) in [5, 5.41) is 3.16. The number of rotatable bonds is 7. The van der Waals surface area contributed by atoms with Crippen LogP contribution in [0.2, 0.25) is 0 Å². The summed E-state index contributed by atoms with van der Waals surface area (Å²) in [5.41, 5.74) is 1.92. The predicted octanol–water partition coefficient (Wildman–Crippen LogP) is 5.23. The Bertz CT molecular complexity index is 899. The molecule has 1 saturated carbocycles. The second-order valence-corrected chi connectivity index (χ2v) is 9.22. The van der Waals surface area contributed by atoms with Gasteiger partial charge in [-0.15, -0.1) is 0 Å². The SMILES string of the molecule is O=C(CCC(=O)c1ccc(F)cc1)NC1CCC(c2ccccc2)(N2CCCCC2)CC1. The van der Waals surface area contributed by atoms with Crippen LogP contribution >= 0.6 is 0 Å². The first-order valence-electron chi connectivity index (χ1n) is 12.0. The predicted molar refractivity (Wildman–Crippen MR) is 124 cm³/mol. The molecule has 0 bridgehead atoms. The van der Waals surface area contributed by atoms with Gasteiger partial charge in [-0.3, -0.25) is 14.5 Å². The second kappa shape index (κ2) is 10.4. The van der Waals surface area contributed by atoms with E-state index >= 15 is 0 Å². The summed E-state index contributed by atoms with van der Waals surface area (Å²) in [5.74, 6) is -0.569. The maximum absolute atomic E-state index is 13.0. The standard InChI is InChI=1S/C27H33FN2O2/c28-23-11-9-21(10-12-23)25(31)13-14-26(32)29-24-15-17-27(18-16-24,22-7-3-1-4-8-22)30-19-5-2-6-20-30/h1,3-4,7-12,24H,2,5-6,13-20H2,(H,29,32). The van der Waals surface area contributed by atoms with Gasteiger partial charge in [0.2, 0.25) is 5.91 Å². The summed E-state index contributed by atoms with van der Waals surface area (Å²) >= 11 is 0. The first kappa shape index (κ1) is 22.7. The number of hydrogen-bond acceptors (Lipinski definition) is 3. The van der Waals surface area contributed by atoms with Crippen LogP contribution in [-0.4, -0.2) is 35.7 Å². The first-order chi connectivity index (χ1) is 15.6. The Labute approximate surface area is 190 Å². The Morgan fingerprint density at radius 2 is 1.56 bits per heavy atom. The van der Waals surface area contributed by atoms with Crippen LogP contribution in [0.15, 0.2) is 54.6 Å². The number of piperidine rings is 1. The zero-order valence-electron chi connectivity index (χ0n) is 18.7. The molecule has 0 radical (unpaired) electrons. The fraction of sp³-hybridized carbons (Fsp3) is 0.481. The molecule has 1 heterocycles. The maximum atomic E-state index is 13.0. The van der Waals surface area contributed by atoms with E-state index in [0.29, 0.717) is 5.56 Å². The minimum Gasteiger partial charge on any atom is -0.353 e. The molecular formula is C27H33FN2O2. The number of likely N-dealkylation sites (tertiary alicyclic amines) is 1. The number of hydrogen-bond donors (Lipinski definition) is 1. The number of nitrogens with one attached hydrogen (secondary N) is 1. The summed E-state index contributed by atoms with van der Waals surface area (Å²) in [6, 6.07) is 16.5. The van der Waals surface area contributed by atoms with Gasteiger partial charge in [0.1, 0.15) is 5.82 Å². The molecule has 32 heavy (non-hydrogen) atoms. The number of carbonyl (C=O) groups is 2. The van der Waals surface area contributed by atoms with Crippen molar-refractivity contribution in [2.45, 2.75) is 69.4 Å². The number of halogens is 1. The molecule has 4 rings (SSSR count). The molecule has 2 aliphatic rings. The highest BCUT2D eigenvalue weighted by Gasteiger charge is 2.42. The topological polar surface area (TPSA) is 49.4 Å². The molecule has 4 nitrogen and oxygen atoms in total. The molecule has 0 spiro atoms. The van der Waals surface area contributed by atoms with E-state index < -0.39 is 0 Å². The van der Waals surface area contributed by atoms with Gasteiger partial charge in [-0.25, -0.2) is 4.39 Å². The molecule has 1 aliphatic carbocycles. The lowest BCUT2D eigenvalue weighted by Gasteiger charge is -2.50. The van der Waals surface area contributed by atoms with Crippen LogP contribution in [-0.2, 0) is 10.3 Å². The molecule has 5 heteroatoms. The molecule has 0 unspecified atom stereocenters. The van der Waals surface area contributed by atoms with E-state index in [1.54, 1.807) is 0 Å². The summed E-state index contributed by atoms with van der Waals surface area (Å²) < 4.78 is 13.0. The number of benzene rings is 2. The summed E-state index contributed by atoms with van der Waals surface area (Å²) in [6.45, 7) is 2.30. The Hall–Kier alpha value is -2.53. The number of ketones is 1. The molecule has 1 amide bonds. The fourth-order valence-electron chi connectivity index (χ4n) is 5.40. The van der Waals surface area contributed by atoms with E-state index in [9.17, 15) is 14.0 Å². The van der Waals surface area contributed by atoms with Crippen molar-refractivity contribution < 1.29 is 14.0 Å². The number of carbonyl (C=O) groups excluding carboxylic acids is 2. The monoisotopic (exact) mass is 436 g/mol. The van der Waals surface area contributed by atoms with Gasteiger partial charge in [-0.2, -0.15) is 0 Å². The Morgan fingerprint density at radius 1 is 0.906 bits per heavy atom. The summed E-state index contributed by atoms with van der Waals surface area (Å²) in [7, 11) is 0. The Balaban J connectivity index is 1.32. The van der Waals surface area contributed by atoms with Gasteiger partial charge in [-0.05, 0) is 81.4 Å². The minimum atomic E-state index is -0.368. The van der Waals surface area contributed by atoms with Crippen LogP contribution in [0.5, 0.6) is 0 Å². The van der Waals surface area contributed by atoms with Gasteiger partial charge >= 0.3 is 0 Å². The normalized spacial score (nSPS) is 24.1. The van der Waals surface area contributed by atoms with Crippen molar-refractivity contribution in [2.75, 3.05) is 13.1 Å². The van der Waals surface area contributed by atoms with Crippen LogP contribution in [0.3, 0.4) is 0 Å². The third kappa shape index (κ3) is 5.26. The Kier molecular flexibility index (Phi) is 7.36. The van der Waals surface area contributed by atoms with E-state index in [-0.39, 0.29) is 41.9 Å². The van der Waals surface area contributed by atoms with Gasteiger partial charge in [-0.1, -0.05) is 36.8 Å². The van der Waals surface area contributed by atoms with Crippen LogP contribution in [0.1, 0.15) is 73.7 Å². The van der Waals surface area contributed by atoms with E-state index in [2.05, 4.69) is 40.5 Å². The highest BCUT2D eigenvalue weighted by Crippen LogP contribution is 2.43. The van der Waals surface area contributed by atoms with E-state index in [1.807, 2.05) is 0 Å². The van der Waals surface area contributed by atoms with Crippen molar-refractivity contribution in [1.29, 1.82) is 0 Å². The van der Waals surface area contributed by atoms with Crippen molar-refractivity contribution in [3.05, 3.63) is 71.5 Å². The van der Waals surface area contributed by atoms with Crippen LogP contribution in [0.25, 0.3) is 0 Å². The van der Waals surface area contributed by atoms with Crippen LogP contribution in [0, 0.1) is 5.82 Å². The van der Waals surface area contributed by atoms with Gasteiger partial charge in [0.25, 0.3) is 0 Å². The lowest BCUT2D eigenvalue weighted by atomic mass is 9.73. The molecule has 0 atom stereocenters. The van der Waals surface area contributed by atoms with Gasteiger partial charge in [0.15, 0.2) is 5.78 Å². The number of Topliss-reactive ketones (excluding diaryl/α,β-unsaturated/α-hetero) is 1. The van der Waals surface area contributed by atoms with Gasteiger partial charge in [0, 0.05) is 30.0 Å². The highest BCUT2D eigenvalue weighted by atomic mass is 19.1. The number of amides is 1. The van der Waals surface area contributed by atoms with Crippen molar-refractivity contribution in [3.63, 3.8) is 0 Å². The smallest absolute Gasteiger partial charge is 0.220 e. The lowest BCUT2D eigenvalue weighted by molar-refractivity contribution is -0.122. The summed E-state index contributed by atoms with van der Waals surface area (Å²) in [6.07, 6.45) is 8.12. The molecule has 170 valence electrons. The molecule has 2 fully saturated rings. The fourth-order valence-corrected chi connectivity index (χ4v) is 5.40. The Morgan fingerprint density at radius 3 is 2.22 bits per heavy atom. The highest BCUT2D eigenvalue weighted by molar-refractivity contribution is 5.97. The largest absolute Gasteiger partial charge is 0.353 e. The minimum absolute atomic E-state index is 0.0709. The quantitative estimate of drug-likeness (QED) is 0.605. The van der Waals surface area contributed by atoms with Gasteiger partial charge in [0.05, 0.1) is 0 Å². The summed E-state index contributed by atoms with van der Waals surface area (Å²) in [4.78, 5) is 27.4. The van der Waals surface area contributed by atoms with Gasteiger partial charge < -0.3 is 5.32 Å².